The van der Waals surface area contributed by atoms with E-state index in [-0.39, 0.29) is 10.8 Å². The molecule has 2 aromatic rings. The van der Waals surface area contributed by atoms with Gasteiger partial charge in [-0.2, -0.15) is 4.72 Å². The Hall–Kier alpha value is -2.18. The van der Waals surface area contributed by atoms with Crippen LogP contribution >= 0.6 is 0 Å². The number of aryl methyl sites for hydroxylation is 3. The van der Waals surface area contributed by atoms with Crippen LogP contribution in [0.2, 0.25) is 0 Å². The summed E-state index contributed by atoms with van der Waals surface area (Å²) in [4.78, 5) is 12.6. The molecule has 0 unspecified atom stereocenters. The number of hydrogen-bond donors (Lipinski definition) is 2. The summed E-state index contributed by atoms with van der Waals surface area (Å²) < 4.78 is 28.3. The largest absolute Gasteiger partial charge is 0.351 e. The van der Waals surface area contributed by atoms with Gasteiger partial charge in [-0.25, -0.2) is 8.42 Å². The summed E-state index contributed by atoms with van der Waals surface area (Å²) in [6, 6.07) is 8.92. The summed E-state index contributed by atoms with van der Waals surface area (Å²) in [6.45, 7) is 11.3. The third-order valence-electron chi connectivity index (χ3n) is 4.88. The van der Waals surface area contributed by atoms with E-state index in [2.05, 4.69) is 10.0 Å². The summed E-state index contributed by atoms with van der Waals surface area (Å²) in [6.07, 6.45) is 0. The lowest BCUT2D eigenvalue weighted by atomic mass is 10.0. The van der Waals surface area contributed by atoms with Crippen molar-refractivity contribution in [1.82, 2.24) is 10.0 Å². The smallest absolute Gasteiger partial charge is 0.241 e. The molecule has 0 spiro atoms. The molecule has 0 radical (unpaired) electrons. The van der Waals surface area contributed by atoms with Crippen LogP contribution in [-0.2, 0) is 21.4 Å². The van der Waals surface area contributed by atoms with Gasteiger partial charge in [0.15, 0.2) is 0 Å². The van der Waals surface area contributed by atoms with Crippen LogP contribution in [0, 0.1) is 34.6 Å². The molecular formula is C21H28N2O3S. The van der Waals surface area contributed by atoms with E-state index in [0.29, 0.717) is 17.7 Å². The number of rotatable bonds is 6. The Morgan fingerprint density at radius 2 is 1.48 bits per heavy atom. The Labute approximate surface area is 162 Å². The maximum atomic E-state index is 12.9. The molecule has 27 heavy (non-hydrogen) atoms. The lowest BCUT2D eigenvalue weighted by molar-refractivity contribution is -0.122. The molecule has 146 valence electrons. The summed E-state index contributed by atoms with van der Waals surface area (Å²) in [5, 5.41) is 2.78. The SMILES string of the molecule is Cc1ccc(CNC(=O)[C@H](C)NS(=O)(=O)c2c(C)c(C)cc(C)c2C)cc1. The average molecular weight is 389 g/mol. The van der Waals surface area contributed by atoms with Gasteiger partial charge in [0.25, 0.3) is 0 Å². The number of carbonyl (C=O) groups is 1. The Morgan fingerprint density at radius 3 is 2.00 bits per heavy atom. The Bertz CT molecular complexity index is 922. The minimum Gasteiger partial charge on any atom is -0.351 e. The minimum atomic E-state index is -3.81. The molecule has 0 saturated carbocycles. The van der Waals surface area contributed by atoms with E-state index in [1.54, 1.807) is 20.8 Å². The molecule has 0 aliphatic rings. The first-order valence-electron chi connectivity index (χ1n) is 8.96. The fourth-order valence-corrected chi connectivity index (χ4v) is 4.80. The first-order valence-corrected chi connectivity index (χ1v) is 10.4. The van der Waals surface area contributed by atoms with Crippen LogP contribution in [0.15, 0.2) is 35.2 Å². The van der Waals surface area contributed by atoms with Crippen molar-refractivity contribution in [2.45, 2.75) is 59.0 Å². The number of amides is 1. The van der Waals surface area contributed by atoms with Crippen molar-refractivity contribution in [2.75, 3.05) is 0 Å². The molecule has 2 aromatic carbocycles. The van der Waals surface area contributed by atoms with Gasteiger partial charge in [0.1, 0.15) is 0 Å². The van der Waals surface area contributed by atoms with Gasteiger partial charge in [0, 0.05) is 6.54 Å². The lowest BCUT2D eigenvalue weighted by Crippen LogP contribution is -2.44. The van der Waals surface area contributed by atoms with E-state index in [9.17, 15) is 13.2 Å². The Morgan fingerprint density at radius 1 is 0.963 bits per heavy atom. The van der Waals surface area contributed by atoms with Crippen molar-refractivity contribution in [1.29, 1.82) is 0 Å². The van der Waals surface area contributed by atoms with Gasteiger partial charge in [0.05, 0.1) is 10.9 Å². The fraction of sp³-hybridized carbons (Fsp3) is 0.381. The number of carbonyl (C=O) groups excluding carboxylic acids is 1. The molecule has 0 saturated heterocycles. The van der Waals surface area contributed by atoms with Crippen LogP contribution in [0.4, 0.5) is 0 Å². The van der Waals surface area contributed by atoms with Crippen molar-refractivity contribution in [3.8, 4) is 0 Å². The normalized spacial score (nSPS) is 12.7. The van der Waals surface area contributed by atoms with Crippen LogP contribution in [-0.4, -0.2) is 20.4 Å². The van der Waals surface area contributed by atoms with Crippen LogP contribution in [0.1, 0.15) is 40.3 Å². The van der Waals surface area contributed by atoms with Crippen molar-refractivity contribution >= 4 is 15.9 Å². The number of sulfonamides is 1. The third-order valence-corrected chi connectivity index (χ3v) is 6.69. The van der Waals surface area contributed by atoms with Gasteiger partial charge in [-0.3, -0.25) is 4.79 Å². The highest BCUT2D eigenvalue weighted by atomic mass is 32.2. The van der Waals surface area contributed by atoms with E-state index in [0.717, 1.165) is 22.3 Å². The zero-order valence-corrected chi connectivity index (χ0v) is 17.6. The van der Waals surface area contributed by atoms with Crippen LogP contribution in [0.25, 0.3) is 0 Å². The van der Waals surface area contributed by atoms with E-state index in [1.807, 2.05) is 51.1 Å². The molecule has 0 aliphatic carbocycles. The summed E-state index contributed by atoms with van der Waals surface area (Å²) in [5.74, 6) is -0.362. The third kappa shape index (κ3) is 4.96. The van der Waals surface area contributed by atoms with Crippen LogP contribution < -0.4 is 10.0 Å². The molecule has 2 rings (SSSR count). The van der Waals surface area contributed by atoms with E-state index >= 15 is 0 Å². The van der Waals surface area contributed by atoms with Gasteiger partial charge in [-0.1, -0.05) is 35.9 Å². The van der Waals surface area contributed by atoms with Crippen molar-refractivity contribution in [3.05, 3.63) is 63.7 Å². The highest BCUT2D eigenvalue weighted by Crippen LogP contribution is 2.26. The summed E-state index contributed by atoms with van der Waals surface area (Å²) in [7, 11) is -3.81. The predicted octanol–water partition coefficient (Wildman–Crippen LogP) is 3.21. The topological polar surface area (TPSA) is 75.3 Å². The monoisotopic (exact) mass is 388 g/mol. The second kappa shape index (κ2) is 8.23. The first-order chi connectivity index (χ1) is 12.5. The van der Waals surface area contributed by atoms with Crippen LogP contribution in [0.5, 0.6) is 0 Å². The predicted molar refractivity (Wildman–Crippen MR) is 108 cm³/mol. The Kier molecular flexibility index (Phi) is 6.44. The Balaban J connectivity index is 2.13. The van der Waals surface area contributed by atoms with Gasteiger partial charge < -0.3 is 5.32 Å². The van der Waals surface area contributed by atoms with Crippen molar-refractivity contribution in [3.63, 3.8) is 0 Å². The number of hydrogen-bond acceptors (Lipinski definition) is 3. The number of nitrogens with one attached hydrogen (secondary N) is 2. The highest BCUT2D eigenvalue weighted by molar-refractivity contribution is 7.89. The second-order valence-electron chi connectivity index (χ2n) is 7.14. The average Bonchev–Trinajstić information content (AvgIpc) is 2.58. The molecule has 0 aromatic heterocycles. The van der Waals surface area contributed by atoms with Gasteiger partial charge >= 0.3 is 0 Å². The molecule has 0 bridgehead atoms. The molecule has 0 aliphatic heterocycles. The molecular weight excluding hydrogens is 360 g/mol. The minimum absolute atomic E-state index is 0.262. The van der Waals surface area contributed by atoms with E-state index in [1.165, 1.54) is 0 Å². The quantitative estimate of drug-likeness (QED) is 0.798. The summed E-state index contributed by atoms with van der Waals surface area (Å²) in [5.41, 5.74) is 5.34. The molecule has 6 heteroatoms. The molecule has 0 heterocycles. The maximum absolute atomic E-state index is 12.9. The molecule has 0 fully saturated rings. The molecule has 1 atom stereocenters. The van der Waals surface area contributed by atoms with Crippen molar-refractivity contribution in [2.24, 2.45) is 0 Å². The zero-order valence-electron chi connectivity index (χ0n) is 16.8. The van der Waals surface area contributed by atoms with Gasteiger partial charge in [0.2, 0.25) is 15.9 Å². The van der Waals surface area contributed by atoms with Gasteiger partial charge in [-0.15, -0.1) is 0 Å². The first kappa shape index (κ1) is 21.1. The molecule has 1 amide bonds. The zero-order chi connectivity index (χ0) is 20.4. The van der Waals surface area contributed by atoms with Gasteiger partial charge in [-0.05, 0) is 69.4 Å². The highest BCUT2D eigenvalue weighted by Gasteiger charge is 2.26. The molecule has 5 nitrogen and oxygen atoms in total. The summed E-state index contributed by atoms with van der Waals surface area (Å²) >= 11 is 0. The van der Waals surface area contributed by atoms with E-state index < -0.39 is 16.1 Å². The van der Waals surface area contributed by atoms with Crippen molar-refractivity contribution < 1.29 is 13.2 Å². The second-order valence-corrected chi connectivity index (χ2v) is 8.79. The lowest BCUT2D eigenvalue weighted by Gasteiger charge is -2.19. The number of benzene rings is 2. The molecule has 2 N–H and O–H groups in total. The maximum Gasteiger partial charge on any atom is 0.241 e. The van der Waals surface area contributed by atoms with E-state index in [4.69, 9.17) is 0 Å². The van der Waals surface area contributed by atoms with Crippen LogP contribution in [0.3, 0.4) is 0 Å². The fourth-order valence-electron chi connectivity index (χ4n) is 2.98. The standard InChI is InChI=1S/C21H28N2O3S/c1-13-7-9-19(10-8-13)12-22-21(24)18(6)23-27(25,26)20-16(4)14(2)11-15(3)17(20)5/h7-11,18,23H,12H2,1-6H3,(H,22,24)/t18-/m0/s1.